The minimum absolute atomic E-state index is 0.267. The molecule has 164 valence electrons. The van der Waals surface area contributed by atoms with E-state index in [1.807, 2.05) is 18.2 Å². The molecule has 4 aromatic rings. The lowest BCUT2D eigenvalue weighted by Gasteiger charge is -2.25. The molecule has 5 rings (SSSR count). The van der Waals surface area contributed by atoms with Crippen molar-refractivity contribution in [2.75, 3.05) is 13.7 Å². The van der Waals surface area contributed by atoms with E-state index in [-0.39, 0.29) is 10.6 Å². The van der Waals surface area contributed by atoms with Crippen molar-refractivity contribution in [2.24, 2.45) is 0 Å². The maximum Gasteiger partial charge on any atom is 0.287 e. The second kappa shape index (κ2) is 8.73. The van der Waals surface area contributed by atoms with Crippen LogP contribution in [0, 0.1) is 0 Å². The van der Waals surface area contributed by atoms with Gasteiger partial charge >= 0.3 is 0 Å². The summed E-state index contributed by atoms with van der Waals surface area (Å²) in [7, 11) is 1.70. The molecule has 1 aromatic heterocycles. The Kier molecular flexibility index (Phi) is 5.64. The molecule has 6 nitrogen and oxygen atoms in total. The number of fused-ring (bicyclic) bond motifs is 1. The molecule has 2 heterocycles. The molecular weight excluding hydrogens is 428 g/mol. The summed E-state index contributed by atoms with van der Waals surface area (Å²) in [6, 6.07) is 20.0. The number of aromatic nitrogens is 1. The van der Waals surface area contributed by atoms with Gasteiger partial charge in [-0.05, 0) is 66.9 Å². The molecule has 1 atom stereocenters. The highest BCUT2D eigenvalue weighted by Crippen LogP contribution is 2.36. The lowest BCUT2D eigenvalue weighted by atomic mass is 10.0. The Morgan fingerprint density at radius 1 is 1.12 bits per heavy atom. The van der Waals surface area contributed by atoms with Gasteiger partial charge < -0.3 is 14.0 Å². The molecule has 32 heavy (non-hydrogen) atoms. The molecule has 1 aliphatic rings. The van der Waals surface area contributed by atoms with Crippen molar-refractivity contribution < 1.29 is 14.0 Å². The SMILES string of the molecule is COc1cccc(C2CCCN2Cc2ccc(Oc3ccc4c(=O)[nH]oc4c3Cl)cc2)c1. The number of ether oxygens (including phenoxy) is 2. The van der Waals surface area contributed by atoms with Gasteiger partial charge in [-0.25, -0.2) is 0 Å². The predicted molar refractivity (Wildman–Crippen MR) is 124 cm³/mol. The van der Waals surface area contributed by atoms with Gasteiger partial charge in [0.25, 0.3) is 5.56 Å². The number of nitrogens with one attached hydrogen (secondary N) is 1. The van der Waals surface area contributed by atoms with Crippen molar-refractivity contribution in [1.29, 1.82) is 0 Å². The smallest absolute Gasteiger partial charge is 0.287 e. The third-order valence-electron chi connectivity index (χ3n) is 5.93. The van der Waals surface area contributed by atoms with Gasteiger partial charge in [0.05, 0.1) is 12.5 Å². The zero-order valence-electron chi connectivity index (χ0n) is 17.6. The summed E-state index contributed by atoms with van der Waals surface area (Å²) < 4.78 is 16.5. The highest BCUT2D eigenvalue weighted by atomic mass is 35.5. The van der Waals surface area contributed by atoms with Crippen LogP contribution in [0.2, 0.25) is 5.02 Å². The van der Waals surface area contributed by atoms with Crippen LogP contribution in [0.1, 0.15) is 30.0 Å². The maximum atomic E-state index is 11.7. The Hall–Kier alpha value is -3.22. The van der Waals surface area contributed by atoms with Crippen LogP contribution < -0.4 is 15.0 Å². The van der Waals surface area contributed by atoms with E-state index in [4.69, 9.17) is 25.6 Å². The second-order valence-corrected chi connectivity index (χ2v) is 8.32. The minimum Gasteiger partial charge on any atom is -0.497 e. The Morgan fingerprint density at radius 3 is 2.78 bits per heavy atom. The number of aromatic amines is 1. The van der Waals surface area contributed by atoms with Crippen LogP contribution in [0.25, 0.3) is 11.0 Å². The first-order valence-electron chi connectivity index (χ1n) is 10.6. The summed E-state index contributed by atoms with van der Waals surface area (Å²) in [5.74, 6) is 2.00. The van der Waals surface area contributed by atoms with Gasteiger partial charge in [0.2, 0.25) is 0 Å². The molecule has 0 amide bonds. The Morgan fingerprint density at radius 2 is 1.97 bits per heavy atom. The molecule has 0 radical (unpaired) electrons. The highest BCUT2D eigenvalue weighted by Gasteiger charge is 2.26. The number of likely N-dealkylation sites (tertiary alicyclic amines) is 1. The van der Waals surface area contributed by atoms with Crippen LogP contribution in [0.15, 0.2) is 70.0 Å². The fraction of sp³-hybridized carbons (Fsp3) is 0.240. The molecule has 1 aliphatic heterocycles. The molecule has 0 aliphatic carbocycles. The van der Waals surface area contributed by atoms with Crippen LogP contribution in [-0.4, -0.2) is 23.7 Å². The quantitative estimate of drug-likeness (QED) is 0.395. The summed E-state index contributed by atoms with van der Waals surface area (Å²) in [6.07, 6.45) is 2.32. The fourth-order valence-corrected chi connectivity index (χ4v) is 4.56. The third kappa shape index (κ3) is 3.99. The number of methoxy groups -OCH3 is 1. The monoisotopic (exact) mass is 450 g/mol. The zero-order chi connectivity index (χ0) is 22.1. The normalized spacial score (nSPS) is 16.5. The van der Waals surface area contributed by atoms with Crippen molar-refractivity contribution in [3.8, 4) is 17.2 Å². The Bertz CT molecular complexity index is 1300. The van der Waals surface area contributed by atoms with E-state index >= 15 is 0 Å². The van der Waals surface area contributed by atoms with E-state index < -0.39 is 0 Å². The summed E-state index contributed by atoms with van der Waals surface area (Å²) in [5, 5.41) is 2.95. The van der Waals surface area contributed by atoms with Crippen LogP contribution in [0.4, 0.5) is 0 Å². The van der Waals surface area contributed by atoms with E-state index in [9.17, 15) is 4.79 Å². The number of benzene rings is 3. The Balaban J connectivity index is 1.29. The predicted octanol–water partition coefficient (Wildman–Crippen LogP) is 5.91. The molecule has 0 saturated carbocycles. The maximum absolute atomic E-state index is 11.7. The number of H-pyrrole nitrogens is 1. The van der Waals surface area contributed by atoms with Crippen molar-refractivity contribution >= 4 is 22.6 Å². The third-order valence-corrected chi connectivity index (χ3v) is 6.29. The molecular formula is C25H23ClN2O4. The first-order chi connectivity index (χ1) is 15.6. The second-order valence-electron chi connectivity index (χ2n) is 7.94. The first kappa shape index (κ1) is 20.7. The standard InChI is InChI=1S/C25H23ClN2O4/c1-30-19-5-2-4-17(14-19)21-6-3-13-28(21)15-16-7-9-18(10-8-16)31-22-12-11-20-24(23(22)26)32-27-25(20)29/h2,4-5,7-12,14,21H,3,6,13,15H2,1H3,(H,27,29). The van der Waals surface area contributed by atoms with Gasteiger partial charge in [-0.3, -0.25) is 9.69 Å². The molecule has 1 unspecified atom stereocenters. The summed E-state index contributed by atoms with van der Waals surface area (Å²) >= 11 is 6.35. The summed E-state index contributed by atoms with van der Waals surface area (Å²) in [4.78, 5) is 14.2. The van der Waals surface area contributed by atoms with E-state index in [2.05, 4.69) is 40.4 Å². The van der Waals surface area contributed by atoms with E-state index in [1.54, 1.807) is 19.2 Å². The summed E-state index contributed by atoms with van der Waals surface area (Å²) in [6.45, 7) is 1.93. The molecule has 3 aromatic carbocycles. The van der Waals surface area contributed by atoms with Crippen LogP contribution in [-0.2, 0) is 6.54 Å². The van der Waals surface area contributed by atoms with Gasteiger partial charge in [0.15, 0.2) is 5.58 Å². The van der Waals surface area contributed by atoms with Crippen molar-refractivity contribution in [1.82, 2.24) is 10.1 Å². The molecule has 7 heteroatoms. The largest absolute Gasteiger partial charge is 0.497 e. The number of halogens is 1. The zero-order valence-corrected chi connectivity index (χ0v) is 18.4. The van der Waals surface area contributed by atoms with Crippen molar-refractivity contribution in [3.05, 3.63) is 87.2 Å². The van der Waals surface area contributed by atoms with Crippen LogP contribution in [0.3, 0.4) is 0 Å². The molecule has 0 spiro atoms. The lowest BCUT2D eigenvalue weighted by molar-refractivity contribution is 0.248. The van der Waals surface area contributed by atoms with Gasteiger partial charge in [0, 0.05) is 12.6 Å². The van der Waals surface area contributed by atoms with E-state index in [0.717, 1.165) is 25.3 Å². The van der Waals surface area contributed by atoms with Crippen LogP contribution in [0.5, 0.6) is 17.2 Å². The average Bonchev–Trinajstić information content (AvgIpc) is 3.44. The van der Waals surface area contributed by atoms with Crippen molar-refractivity contribution in [3.63, 3.8) is 0 Å². The fourth-order valence-electron chi connectivity index (χ4n) is 4.31. The van der Waals surface area contributed by atoms with Gasteiger partial charge in [0.1, 0.15) is 22.3 Å². The molecule has 0 bridgehead atoms. The van der Waals surface area contributed by atoms with Gasteiger partial charge in [-0.2, -0.15) is 5.16 Å². The number of hydrogen-bond acceptors (Lipinski definition) is 5. The molecule has 1 fully saturated rings. The van der Waals surface area contributed by atoms with Crippen molar-refractivity contribution in [2.45, 2.75) is 25.4 Å². The minimum atomic E-state index is -0.313. The average molecular weight is 451 g/mol. The first-order valence-corrected chi connectivity index (χ1v) is 10.9. The van der Waals surface area contributed by atoms with Gasteiger partial charge in [-0.15, -0.1) is 0 Å². The Labute approximate surface area is 190 Å². The summed E-state index contributed by atoms with van der Waals surface area (Å²) in [5.41, 5.74) is 2.49. The highest BCUT2D eigenvalue weighted by molar-refractivity contribution is 6.36. The van der Waals surface area contributed by atoms with Crippen LogP contribution >= 0.6 is 11.6 Å². The van der Waals surface area contributed by atoms with E-state index in [0.29, 0.717) is 28.5 Å². The molecule has 1 N–H and O–H groups in total. The lowest BCUT2D eigenvalue weighted by Crippen LogP contribution is -2.22. The number of hydrogen-bond donors (Lipinski definition) is 1. The van der Waals surface area contributed by atoms with E-state index in [1.165, 1.54) is 17.5 Å². The van der Waals surface area contributed by atoms with Gasteiger partial charge in [-0.1, -0.05) is 35.9 Å². The molecule has 1 saturated heterocycles. The number of nitrogens with zero attached hydrogens (tertiary/aromatic N) is 1. The number of rotatable bonds is 6. The topological polar surface area (TPSA) is 67.7 Å².